The van der Waals surface area contributed by atoms with E-state index in [1.807, 2.05) is 36.4 Å². The number of nitrogens with one attached hydrogen (secondary N) is 1. The number of rotatable bonds is 4. The van der Waals surface area contributed by atoms with Gasteiger partial charge in [0.25, 0.3) is 0 Å². The molecule has 0 amide bonds. The summed E-state index contributed by atoms with van der Waals surface area (Å²) in [7, 11) is 1.98. The maximum Gasteiger partial charge on any atom is 0.104 e. The van der Waals surface area contributed by atoms with Crippen molar-refractivity contribution in [3.05, 3.63) is 54.6 Å². The first-order chi connectivity index (χ1) is 11.8. The van der Waals surface area contributed by atoms with Gasteiger partial charge in [-0.05, 0) is 42.5 Å². The van der Waals surface area contributed by atoms with Gasteiger partial charge in [0.1, 0.15) is 6.10 Å². The number of ether oxygens (including phenoxy) is 1. The van der Waals surface area contributed by atoms with Gasteiger partial charge in [-0.1, -0.05) is 6.07 Å². The van der Waals surface area contributed by atoms with Crippen LogP contribution in [0.5, 0.6) is 0 Å². The third-order valence-electron chi connectivity index (χ3n) is 4.80. The summed E-state index contributed by atoms with van der Waals surface area (Å²) in [5.41, 5.74) is 2.30. The fraction of sp³-hybridized carbons (Fsp3) is 0.368. The van der Waals surface area contributed by atoms with Crippen LogP contribution in [-0.2, 0) is 11.8 Å². The third-order valence-corrected chi connectivity index (χ3v) is 4.80. The molecule has 4 rings (SSSR count). The number of anilines is 1. The Hall–Kier alpha value is -2.40. The Morgan fingerprint density at radius 3 is 3.04 bits per heavy atom. The van der Waals surface area contributed by atoms with Crippen LogP contribution in [0.1, 0.15) is 24.6 Å². The van der Waals surface area contributed by atoms with E-state index >= 15 is 0 Å². The molecule has 0 saturated carbocycles. The van der Waals surface area contributed by atoms with Crippen molar-refractivity contribution >= 4 is 16.5 Å². The first-order valence-corrected chi connectivity index (χ1v) is 8.48. The topological polar surface area (TPSA) is 52.0 Å². The van der Waals surface area contributed by atoms with E-state index in [4.69, 9.17) is 4.74 Å². The molecule has 1 aromatic carbocycles. The van der Waals surface area contributed by atoms with E-state index in [0.717, 1.165) is 36.3 Å². The van der Waals surface area contributed by atoms with Crippen LogP contribution in [0, 0.1) is 5.92 Å². The quantitative estimate of drug-likeness (QED) is 0.798. The molecule has 124 valence electrons. The molecule has 3 aromatic rings. The molecule has 0 spiro atoms. The number of hydrogen-bond acceptors (Lipinski definition) is 4. The van der Waals surface area contributed by atoms with Crippen molar-refractivity contribution in [1.82, 2.24) is 14.8 Å². The van der Waals surface area contributed by atoms with Gasteiger partial charge in [0, 0.05) is 55.8 Å². The van der Waals surface area contributed by atoms with E-state index in [1.54, 1.807) is 0 Å². The van der Waals surface area contributed by atoms with Crippen molar-refractivity contribution in [2.75, 3.05) is 18.5 Å². The molecule has 24 heavy (non-hydrogen) atoms. The molecule has 0 radical (unpaired) electrons. The minimum absolute atomic E-state index is 0.114. The Morgan fingerprint density at radius 1 is 1.21 bits per heavy atom. The zero-order chi connectivity index (χ0) is 16.4. The number of aryl methyl sites for hydroxylation is 1. The highest BCUT2D eigenvalue weighted by atomic mass is 16.5. The Labute approximate surface area is 141 Å². The SMILES string of the molecule is Cn1nccc1[C@@H]1OCCC[C@H]1CNc1ccc2cnccc2c1. The average Bonchev–Trinajstić information content (AvgIpc) is 3.06. The second-order valence-electron chi connectivity index (χ2n) is 6.39. The Kier molecular flexibility index (Phi) is 4.17. The molecule has 0 unspecified atom stereocenters. The molecular formula is C19H22N4O. The fourth-order valence-electron chi connectivity index (χ4n) is 3.48. The van der Waals surface area contributed by atoms with E-state index in [1.165, 1.54) is 11.8 Å². The van der Waals surface area contributed by atoms with Gasteiger partial charge >= 0.3 is 0 Å². The highest BCUT2D eigenvalue weighted by molar-refractivity contribution is 5.84. The van der Waals surface area contributed by atoms with Gasteiger partial charge in [-0.2, -0.15) is 5.10 Å². The van der Waals surface area contributed by atoms with Crippen LogP contribution in [0.25, 0.3) is 10.8 Å². The second-order valence-corrected chi connectivity index (χ2v) is 6.39. The molecule has 2 aromatic heterocycles. The summed E-state index contributed by atoms with van der Waals surface area (Å²) in [5.74, 6) is 0.447. The molecule has 3 heterocycles. The Balaban J connectivity index is 1.49. The van der Waals surface area contributed by atoms with Gasteiger partial charge in [0.05, 0.1) is 5.69 Å². The molecule has 1 saturated heterocycles. The lowest BCUT2D eigenvalue weighted by Gasteiger charge is -2.32. The predicted molar refractivity (Wildman–Crippen MR) is 94.9 cm³/mol. The fourth-order valence-corrected chi connectivity index (χ4v) is 3.48. The number of aromatic nitrogens is 3. The van der Waals surface area contributed by atoms with Gasteiger partial charge in [-0.3, -0.25) is 9.67 Å². The lowest BCUT2D eigenvalue weighted by Crippen LogP contribution is -2.29. The summed E-state index contributed by atoms with van der Waals surface area (Å²) in [6.45, 7) is 1.72. The van der Waals surface area contributed by atoms with E-state index in [0.29, 0.717) is 5.92 Å². The maximum atomic E-state index is 6.07. The van der Waals surface area contributed by atoms with Gasteiger partial charge in [0.15, 0.2) is 0 Å². The average molecular weight is 322 g/mol. The van der Waals surface area contributed by atoms with Gasteiger partial charge in [-0.25, -0.2) is 0 Å². The van der Waals surface area contributed by atoms with E-state index in [-0.39, 0.29) is 6.10 Å². The molecule has 1 aliphatic rings. The number of hydrogen-bond donors (Lipinski definition) is 1. The summed E-state index contributed by atoms with van der Waals surface area (Å²) in [6.07, 6.45) is 7.97. The Morgan fingerprint density at radius 2 is 2.17 bits per heavy atom. The number of benzene rings is 1. The lowest BCUT2D eigenvalue weighted by atomic mass is 9.92. The van der Waals surface area contributed by atoms with Gasteiger partial charge in [-0.15, -0.1) is 0 Å². The smallest absolute Gasteiger partial charge is 0.104 e. The van der Waals surface area contributed by atoms with Crippen molar-refractivity contribution in [3.8, 4) is 0 Å². The predicted octanol–water partition coefficient (Wildman–Crippen LogP) is 3.55. The molecule has 2 atom stereocenters. The standard InChI is InChI=1S/C19H22N4O/c1-23-18(7-9-22-23)19-16(3-2-10-24-19)13-21-17-5-4-15-12-20-8-6-14(15)11-17/h4-9,11-12,16,19,21H,2-3,10,13H2,1H3/t16-,19+/m0/s1. The minimum atomic E-state index is 0.114. The second kappa shape index (κ2) is 6.61. The van der Waals surface area contributed by atoms with Gasteiger partial charge in [0.2, 0.25) is 0 Å². The number of nitrogens with zero attached hydrogens (tertiary/aromatic N) is 3. The molecule has 1 fully saturated rings. The summed E-state index contributed by atoms with van der Waals surface area (Å²) in [4.78, 5) is 4.16. The highest BCUT2D eigenvalue weighted by Gasteiger charge is 2.29. The first-order valence-electron chi connectivity index (χ1n) is 8.48. The van der Waals surface area contributed by atoms with Crippen molar-refractivity contribution in [2.45, 2.75) is 18.9 Å². The molecule has 1 N–H and O–H groups in total. The summed E-state index contributed by atoms with van der Waals surface area (Å²) < 4.78 is 7.99. The summed E-state index contributed by atoms with van der Waals surface area (Å²) in [6, 6.07) is 10.5. The Bertz CT molecular complexity index is 829. The summed E-state index contributed by atoms with van der Waals surface area (Å²) >= 11 is 0. The van der Waals surface area contributed by atoms with E-state index < -0.39 is 0 Å². The van der Waals surface area contributed by atoms with Crippen LogP contribution in [0.4, 0.5) is 5.69 Å². The highest BCUT2D eigenvalue weighted by Crippen LogP contribution is 2.33. The number of fused-ring (bicyclic) bond motifs is 1. The molecular weight excluding hydrogens is 300 g/mol. The molecule has 5 heteroatoms. The maximum absolute atomic E-state index is 6.07. The van der Waals surface area contributed by atoms with Crippen LogP contribution in [0.15, 0.2) is 48.9 Å². The van der Waals surface area contributed by atoms with Crippen LogP contribution >= 0.6 is 0 Å². The van der Waals surface area contributed by atoms with Crippen LogP contribution in [0.3, 0.4) is 0 Å². The van der Waals surface area contributed by atoms with Crippen LogP contribution in [0.2, 0.25) is 0 Å². The molecule has 0 aliphatic carbocycles. The molecule has 1 aliphatic heterocycles. The molecule has 5 nitrogen and oxygen atoms in total. The third kappa shape index (κ3) is 2.99. The van der Waals surface area contributed by atoms with Gasteiger partial charge < -0.3 is 10.1 Å². The normalized spacial score (nSPS) is 21.0. The lowest BCUT2D eigenvalue weighted by molar-refractivity contribution is -0.0284. The monoisotopic (exact) mass is 322 g/mol. The first kappa shape index (κ1) is 15.1. The minimum Gasteiger partial charge on any atom is -0.385 e. The van der Waals surface area contributed by atoms with Crippen molar-refractivity contribution in [3.63, 3.8) is 0 Å². The van der Waals surface area contributed by atoms with E-state index in [9.17, 15) is 0 Å². The zero-order valence-corrected chi connectivity index (χ0v) is 13.9. The van der Waals surface area contributed by atoms with Crippen molar-refractivity contribution < 1.29 is 4.74 Å². The largest absolute Gasteiger partial charge is 0.385 e. The van der Waals surface area contributed by atoms with Crippen LogP contribution in [-0.4, -0.2) is 27.9 Å². The summed E-state index contributed by atoms with van der Waals surface area (Å²) in [5, 5.41) is 10.2. The van der Waals surface area contributed by atoms with Crippen LogP contribution < -0.4 is 5.32 Å². The zero-order valence-electron chi connectivity index (χ0n) is 13.9. The van der Waals surface area contributed by atoms with Crippen molar-refractivity contribution in [1.29, 1.82) is 0 Å². The number of pyridine rings is 1. The van der Waals surface area contributed by atoms with E-state index in [2.05, 4.69) is 39.7 Å². The van der Waals surface area contributed by atoms with Crippen molar-refractivity contribution in [2.24, 2.45) is 13.0 Å². The molecule has 0 bridgehead atoms.